The summed E-state index contributed by atoms with van der Waals surface area (Å²) in [4.78, 5) is 0. The number of rotatable bonds is 3. The molecule has 0 aliphatic rings. The highest BCUT2D eigenvalue weighted by molar-refractivity contribution is 6.38. The fourth-order valence-corrected chi connectivity index (χ4v) is 2.95. The zero-order chi connectivity index (χ0) is 20.7. The van der Waals surface area contributed by atoms with Crippen molar-refractivity contribution >= 4 is 29.0 Å². The fourth-order valence-electron chi connectivity index (χ4n) is 2.30. The molecule has 0 saturated carbocycles. The average Bonchev–Trinajstić information content (AvgIpc) is 2.82. The van der Waals surface area contributed by atoms with Gasteiger partial charge >= 0.3 is 12.4 Å². The summed E-state index contributed by atoms with van der Waals surface area (Å²) >= 11 is 11.6. The van der Waals surface area contributed by atoms with Crippen molar-refractivity contribution in [3.05, 3.63) is 39.0 Å². The number of nitrogen functional groups attached to an aromatic ring is 1. The fraction of sp³-hybridized carbons (Fsp3) is 0.286. The molecule has 13 heteroatoms. The molecule has 5 nitrogen and oxygen atoms in total. The molecule has 0 fully saturated rings. The van der Waals surface area contributed by atoms with Crippen LogP contribution in [0.3, 0.4) is 0 Å². The third-order valence-electron chi connectivity index (χ3n) is 3.42. The number of nitrogens with two attached hydrogens (primary N) is 1. The molecule has 1 aromatic carbocycles. The molecular formula is C14H8Cl2F6N4O. The summed E-state index contributed by atoms with van der Waals surface area (Å²) in [6.07, 6.45) is -12.3. The van der Waals surface area contributed by atoms with Crippen LogP contribution in [0.1, 0.15) is 22.9 Å². The first-order valence-electron chi connectivity index (χ1n) is 6.77. The Kier molecular flexibility index (Phi) is 5.56. The number of aromatic nitrogens is 2. The molecule has 1 atom stereocenters. The van der Waals surface area contributed by atoms with Crippen LogP contribution in [0.25, 0.3) is 5.69 Å². The Morgan fingerprint density at radius 2 is 1.70 bits per heavy atom. The molecule has 0 aliphatic carbocycles. The van der Waals surface area contributed by atoms with Crippen molar-refractivity contribution in [3.63, 3.8) is 0 Å². The number of halogens is 8. The Hall–Kier alpha value is -2.16. The number of nitriles is 1. The van der Waals surface area contributed by atoms with Crippen molar-refractivity contribution in [3.8, 4) is 11.8 Å². The summed E-state index contributed by atoms with van der Waals surface area (Å²) in [5.41, 5.74) is 2.53. The lowest BCUT2D eigenvalue weighted by Gasteiger charge is -2.19. The number of nitrogens with zero attached hydrogens (tertiary/aromatic N) is 3. The van der Waals surface area contributed by atoms with Crippen LogP contribution in [0.2, 0.25) is 10.0 Å². The molecule has 0 amide bonds. The highest BCUT2D eigenvalue weighted by Crippen LogP contribution is 2.42. The lowest BCUT2D eigenvalue weighted by Crippen LogP contribution is -2.24. The zero-order valence-electron chi connectivity index (χ0n) is 13.1. The molecular weight excluding hydrogens is 425 g/mol. The monoisotopic (exact) mass is 432 g/mol. The van der Waals surface area contributed by atoms with E-state index in [9.17, 15) is 26.3 Å². The van der Waals surface area contributed by atoms with Gasteiger partial charge in [-0.3, -0.25) is 0 Å². The van der Waals surface area contributed by atoms with Gasteiger partial charge in [-0.1, -0.05) is 23.2 Å². The van der Waals surface area contributed by atoms with Crippen LogP contribution < -0.4 is 5.73 Å². The molecule has 0 saturated heterocycles. The second-order valence-corrected chi connectivity index (χ2v) is 5.93. The molecule has 0 bridgehead atoms. The first-order chi connectivity index (χ1) is 12.3. The van der Waals surface area contributed by atoms with Crippen LogP contribution in [0.15, 0.2) is 12.1 Å². The van der Waals surface area contributed by atoms with Crippen molar-refractivity contribution in [2.75, 3.05) is 12.8 Å². The molecule has 2 rings (SSSR count). The van der Waals surface area contributed by atoms with Crippen LogP contribution >= 0.6 is 23.2 Å². The van der Waals surface area contributed by atoms with Crippen molar-refractivity contribution in [2.24, 2.45) is 0 Å². The Labute approximate surface area is 157 Å². The number of alkyl halides is 6. The largest absolute Gasteiger partial charge is 0.419 e. The molecule has 1 unspecified atom stereocenters. The second-order valence-electron chi connectivity index (χ2n) is 5.11. The van der Waals surface area contributed by atoms with E-state index in [1.807, 2.05) is 0 Å². The molecule has 2 aromatic rings. The van der Waals surface area contributed by atoms with Gasteiger partial charge in [-0.15, -0.1) is 0 Å². The molecule has 1 aromatic heterocycles. The number of hydrogen-bond acceptors (Lipinski definition) is 4. The highest BCUT2D eigenvalue weighted by atomic mass is 35.5. The maximum atomic E-state index is 13.2. The van der Waals surface area contributed by atoms with E-state index in [0.717, 1.165) is 7.11 Å². The number of methoxy groups -OCH3 is 1. The van der Waals surface area contributed by atoms with Crippen LogP contribution in [-0.4, -0.2) is 23.1 Å². The maximum Gasteiger partial charge on any atom is 0.419 e. The Bertz CT molecular complexity index is 893. The zero-order valence-corrected chi connectivity index (χ0v) is 14.6. The summed E-state index contributed by atoms with van der Waals surface area (Å²) in [5, 5.41) is 11.5. The van der Waals surface area contributed by atoms with Gasteiger partial charge in [-0.2, -0.15) is 36.7 Å². The van der Waals surface area contributed by atoms with Crippen molar-refractivity contribution in [1.29, 1.82) is 5.26 Å². The van der Waals surface area contributed by atoms with Gasteiger partial charge in [-0.25, -0.2) is 4.68 Å². The third kappa shape index (κ3) is 3.92. The van der Waals surface area contributed by atoms with Crippen LogP contribution in [0.4, 0.5) is 32.2 Å². The van der Waals surface area contributed by atoms with E-state index in [-0.39, 0.29) is 0 Å². The van der Waals surface area contributed by atoms with E-state index in [1.165, 1.54) is 6.07 Å². The quantitative estimate of drug-likeness (QED) is 0.699. The Morgan fingerprint density at radius 3 is 2.07 bits per heavy atom. The minimum Gasteiger partial charge on any atom is -0.383 e. The van der Waals surface area contributed by atoms with Crippen molar-refractivity contribution in [1.82, 2.24) is 9.78 Å². The Balaban J connectivity index is 2.75. The summed E-state index contributed by atoms with van der Waals surface area (Å²) in [6.45, 7) is 0. The lowest BCUT2D eigenvalue weighted by atomic mass is 10.1. The van der Waals surface area contributed by atoms with Gasteiger partial charge in [0.15, 0.2) is 11.8 Å². The molecule has 0 radical (unpaired) electrons. The number of benzene rings is 1. The number of anilines is 1. The average molecular weight is 433 g/mol. The Morgan fingerprint density at radius 1 is 1.19 bits per heavy atom. The van der Waals surface area contributed by atoms with Crippen molar-refractivity contribution in [2.45, 2.75) is 18.5 Å². The molecule has 0 aliphatic heterocycles. The molecule has 0 spiro atoms. The smallest absolute Gasteiger partial charge is 0.383 e. The summed E-state index contributed by atoms with van der Waals surface area (Å²) in [6, 6.07) is 2.44. The number of ether oxygens (including phenoxy) is 1. The van der Waals surface area contributed by atoms with Gasteiger partial charge < -0.3 is 10.5 Å². The van der Waals surface area contributed by atoms with Crippen LogP contribution in [-0.2, 0) is 10.9 Å². The van der Waals surface area contributed by atoms with Gasteiger partial charge in [0.25, 0.3) is 0 Å². The lowest BCUT2D eigenvalue weighted by molar-refractivity contribution is -0.215. The molecule has 146 valence electrons. The van der Waals surface area contributed by atoms with E-state index in [2.05, 4.69) is 9.84 Å². The van der Waals surface area contributed by atoms with Gasteiger partial charge in [0, 0.05) is 7.11 Å². The predicted molar refractivity (Wildman–Crippen MR) is 83.5 cm³/mol. The summed E-state index contributed by atoms with van der Waals surface area (Å²) in [7, 11) is 0.744. The van der Waals surface area contributed by atoms with E-state index >= 15 is 0 Å². The van der Waals surface area contributed by atoms with Crippen LogP contribution in [0, 0.1) is 11.3 Å². The standard InChI is InChI=1S/C14H8Cl2F6N4O/c1-27-11(14(20,21)22)9-8(4-23)25-26(12(9)24)10-6(15)2-5(3-7(10)16)13(17,18)19/h2-3,11H,24H2,1H3. The van der Waals surface area contributed by atoms with E-state index in [0.29, 0.717) is 16.8 Å². The molecule has 2 N–H and O–H groups in total. The first-order valence-corrected chi connectivity index (χ1v) is 7.53. The molecule has 1 heterocycles. The summed E-state index contributed by atoms with van der Waals surface area (Å²) < 4.78 is 82.9. The normalized spacial score (nSPS) is 13.5. The third-order valence-corrected chi connectivity index (χ3v) is 3.99. The SMILES string of the molecule is COC(c1c(C#N)nn(-c2c(Cl)cc(C(F)(F)F)cc2Cl)c1N)C(F)(F)F. The highest BCUT2D eigenvalue weighted by Gasteiger charge is 2.45. The van der Waals surface area contributed by atoms with Gasteiger partial charge in [-0.05, 0) is 12.1 Å². The van der Waals surface area contributed by atoms with E-state index in [1.54, 1.807) is 0 Å². The van der Waals surface area contributed by atoms with Gasteiger partial charge in [0.05, 0.1) is 21.2 Å². The van der Waals surface area contributed by atoms with Crippen LogP contribution in [0.5, 0.6) is 0 Å². The topological polar surface area (TPSA) is 76.9 Å². The number of hydrogen-bond donors (Lipinski definition) is 1. The summed E-state index contributed by atoms with van der Waals surface area (Å²) in [5.74, 6) is -0.709. The maximum absolute atomic E-state index is 13.2. The minimum atomic E-state index is -4.93. The minimum absolute atomic E-state index is 0.413. The van der Waals surface area contributed by atoms with Gasteiger partial charge in [0.1, 0.15) is 17.6 Å². The van der Waals surface area contributed by atoms with E-state index in [4.69, 9.17) is 34.2 Å². The van der Waals surface area contributed by atoms with E-state index < -0.39 is 56.8 Å². The molecule has 27 heavy (non-hydrogen) atoms. The van der Waals surface area contributed by atoms with Gasteiger partial charge in [0.2, 0.25) is 0 Å². The predicted octanol–water partition coefficient (Wildman–Crippen LogP) is 4.90. The second kappa shape index (κ2) is 7.10. The first kappa shape index (κ1) is 21.1. The van der Waals surface area contributed by atoms with Crippen molar-refractivity contribution < 1.29 is 31.1 Å².